The smallest absolute Gasteiger partial charge is 0.113 e. The zero-order chi connectivity index (χ0) is 15.0. The molecule has 1 N–H and O–H groups in total. The lowest BCUT2D eigenvalue weighted by atomic mass is 9.64. The standard InChI is InChI=1S/C17H30N2S/c1-7-18-17(9-8-16(5,6)10-13(17)4)15-19-14(11-20-15)12(2)3/h11-13,18H,7-10H2,1-6H3. The van der Waals surface area contributed by atoms with E-state index in [1.807, 2.05) is 11.3 Å². The van der Waals surface area contributed by atoms with Crippen LogP contribution in [0.3, 0.4) is 0 Å². The molecule has 2 rings (SSSR count). The highest BCUT2D eigenvalue weighted by Gasteiger charge is 2.46. The van der Waals surface area contributed by atoms with Crippen molar-refractivity contribution >= 4 is 11.3 Å². The molecule has 0 bridgehead atoms. The zero-order valence-corrected chi connectivity index (χ0v) is 14.7. The molecule has 0 spiro atoms. The van der Waals surface area contributed by atoms with Crippen molar-refractivity contribution in [3.05, 3.63) is 16.1 Å². The van der Waals surface area contributed by atoms with Gasteiger partial charge in [0.25, 0.3) is 0 Å². The Balaban J connectivity index is 2.34. The van der Waals surface area contributed by atoms with Crippen LogP contribution in [0.5, 0.6) is 0 Å². The molecule has 2 nitrogen and oxygen atoms in total. The highest BCUT2D eigenvalue weighted by Crippen LogP contribution is 2.49. The van der Waals surface area contributed by atoms with Crippen molar-refractivity contribution in [2.24, 2.45) is 11.3 Å². The number of aromatic nitrogens is 1. The monoisotopic (exact) mass is 294 g/mol. The van der Waals surface area contributed by atoms with Crippen LogP contribution in [-0.2, 0) is 5.54 Å². The Morgan fingerprint density at radius 3 is 2.60 bits per heavy atom. The molecule has 3 heteroatoms. The molecule has 1 saturated carbocycles. The molecule has 1 aliphatic rings. The van der Waals surface area contributed by atoms with Crippen molar-refractivity contribution in [3.63, 3.8) is 0 Å². The Hall–Kier alpha value is -0.410. The molecule has 1 aliphatic carbocycles. The van der Waals surface area contributed by atoms with Crippen LogP contribution in [0.25, 0.3) is 0 Å². The highest BCUT2D eigenvalue weighted by atomic mass is 32.1. The molecule has 0 aromatic carbocycles. The van der Waals surface area contributed by atoms with E-state index in [2.05, 4.69) is 52.2 Å². The molecule has 2 unspecified atom stereocenters. The van der Waals surface area contributed by atoms with Crippen LogP contribution in [0, 0.1) is 11.3 Å². The molecular formula is C17H30N2S. The Morgan fingerprint density at radius 1 is 1.40 bits per heavy atom. The molecule has 1 aromatic heterocycles. The Bertz CT molecular complexity index is 450. The van der Waals surface area contributed by atoms with E-state index >= 15 is 0 Å². The summed E-state index contributed by atoms with van der Waals surface area (Å²) in [5.74, 6) is 1.16. The fourth-order valence-corrected chi connectivity index (χ4v) is 4.92. The van der Waals surface area contributed by atoms with Gasteiger partial charge in [-0.15, -0.1) is 11.3 Å². The molecule has 1 aromatic rings. The van der Waals surface area contributed by atoms with E-state index in [9.17, 15) is 0 Å². The summed E-state index contributed by atoms with van der Waals surface area (Å²) in [5.41, 5.74) is 1.82. The molecule has 0 radical (unpaired) electrons. The number of nitrogens with one attached hydrogen (secondary N) is 1. The van der Waals surface area contributed by atoms with E-state index in [1.54, 1.807) is 0 Å². The predicted molar refractivity (Wildman–Crippen MR) is 88.4 cm³/mol. The van der Waals surface area contributed by atoms with E-state index in [4.69, 9.17) is 4.98 Å². The summed E-state index contributed by atoms with van der Waals surface area (Å²) in [6.45, 7) is 14.9. The number of nitrogens with zero attached hydrogens (tertiary/aromatic N) is 1. The summed E-state index contributed by atoms with van der Waals surface area (Å²) in [6, 6.07) is 0. The summed E-state index contributed by atoms with van der Waals surface area (Å²) in [5, 5.41) is 7.37. The lowest BCUT2D eigenvalue weighted by Crippen LogP contribution is -2.52. The van der Waals surface area contributed by atoms with E-state index in [1.165, 1.54) is 30.0 Å². The van der Waals surface area contributed by atoms with Crippen molar-refractivity contribution in [1.29, 1.82) is 0 Å². The third-order valence-corrected chi connectivity index (χ3v) is 5.92. The van der Waals surface area contributed by atoms with Crippen molar-refractivity contribution in [1.82, 2.24) is 10.3 Å². The lowest BCUT2D eigenvalue weighted by Gasteiger charge is -2.48. The Kier molecular flexibility index (Phi) is 4.60. The third-order valence-electron chi connectivity index (χ3n) is 4.88. The van der Waals surface area contributed by atoms with Crippen LogP contribution in [0.2, 0.25) is 0 Å². The lowest BCUT2D eigenvalue weighted by molar-refractivity contribution is 0.0727. The minimum Gasteiger partial charge on any atom is -0.305 e. The first kappa shape index (κ1) is 16.0. The molecular weight excluding hydrogens is 264 g/mol. The van der Waals surface area contributed by atoms with Crippen LogP contribution in [0.15, 0.2) is 5.38 Å². The van der Waals surface area contributed by atoms with Crippen LogP contribution in [0.1, 0.15) is 77.4 Å². The van der Waals surface area contributed by atoms with Crippen molar-refractivity contribution in [2.45, 2.75) is 72.3 Å². The normalized spacial score (nSPS) is 29.9. The first-order valence-corrected chi connectivity index (χ1v) is 8.89. The van der Waals surface area contributed by atoms with Crippen molar-refractivity contribution < 1.29 is 0 Å². The van der Waals surface area contributed by atoms with Crippen LogP contribution in [0.4, 0.5) is 0 Å². The molecule has 2 atom stereocenters. The fourth-order valence-electron chi connectivity index (χ4n) is 3.61. The number of hydrogen-bond acceptors (Lipinski definition) is 3. The van der Waals surface area contributed by atoms with Crippen LogP contribution in [-0.4, -0.2) is 11.5 Å². The van der Waals surface area contributed by atoms with E-state index in [0.717, 1.165) is 6.54 Å². The SMILES string of the molecule is CCNC1(c2nc(C(C)C)cs2)CCC(C)(C)CC1C. The van der Waals surface area contributed by atoms with E-state index in [0.29, 0.717) is 17.3 Å². The number of thiazole rings is 1. The van der Waals surface area contributed by atoms with Gasteiger partial charge in [-0.2, -0.15) is 0 Å². The topological polar surface area (TPSA) is 24.9 Å². The zero-order valence-electron chi connectivity index (χ0n) is 13.9. The maximum atomic E-state index is 4.98. The van der Waals surface area contributed by atoms with Gasteiger partial charge in [0, 0.05) is 5.38 Å². The molecule has 20 heavy (non-hydrogen) atoms. The summed E-state index contributed by atoms with van der Waals surface area (Å²) in [6.07, 6.45) is 3.76. The van der Waals surface area contributed by atoms with Gasteiger partial charge in [0.2, 0.25) is 0 Å². The average Bonchev–Trinajstić information content (AvgIpc) is 2.82. The largest absolute Gasteiger partial charge is 0.305 e. The van der Waals surface area contributed by atoms with Crippen molar-refractivity contribution in [3.8, 4) is 0 Å². The van der Waals surface area contributed by atoms with Gasteiger partial charge in [-0.05, 0) is 43.1 Å². The summed E-state index contributed by atoms with van der Waals surface area (Å²) in [4.78, 5) is 4.98. The minimum absolute atomic E-state index is 0.0993. The van der Waals surface area contributed by atoms with Gasteiger partial charge in [0.1, 0.15) is 5.01 Å². The van der Waals surface area contributed by atoms with Gasteiger partial charge >= 0.3 is 0 Å². The molecule has 114 valence electrons. The van der Waals surface area contributed by atoms with Gasteiger partial charge in [-0.3, -0.25) is 0 Å². The van der Waals surface area contributed by atoms with Gasteiger partial charge < -0.3 is 5.32 Å². The van der Waals surface area contributed by atoms with Gasteiger partial charge in [-0.25, -0.2) is 4.98 Å². The molecule has 0 saturated heterocycles. The molecule has 1 heterocycles. The number of rotatable bonds is 4. The van der Waals surface area contributed by atoms with E-state index in [-0.39, 0.29) is 5.54 Å². The maximum Gasteiger partial charge on any atom is 0.113 e. The first-order chi connectivity index (χ1) is 9.31. The fraction of sp³-hybridized carbons (Fsp3) is 0.824. The van der Waals surface area contributed by atoms with E-state index < -0.39 is 0 Å². The van der Waals surface area contributed by atoms with Crippen LogP contribution < -0.4 is 5.32 Å². The third kappa shape index (κ3) is 2.94. The molecule has 1 fully saturated rings. The second-order valence-electron chi connectivity index (χ2n) is 7.50. The van der Waals surface area contributed by atoms with Gasteiger partial charge in [-0.1, -0.05) is 41.5 Å². The average molecular weight is 295 g/mol. The minimum atomic E-state index is 0.0993. The summed E-state index contributed by atoms with van der Waals surface area (Å²) in [7, 11) is 0. The van der Waals surface area contributed by atoms with Crippen molar-refractivity contribution in [2.75, 3.05) is 6.54 Å². The molecule has 0 amide bonds. The summed E-state index contributed by atoms with van der Waals surface area (Å²) < 4.78 is 0. The second-order valence-corrected chi connectivity index (χ2v) is 8.36. The Labute approximate surface area is 128 Å². The van der Waals surface area contributed by atoms with Gasteiger partial charge in [0.15, 0.2) is 0 Å². The number of hydrogen-bond donors (Lipinski definition) is 1. The van der Waals surface area contributed by atoms with Gasteiger partial charge in [0.05, 0.1) is 11.2 Å². The maximum absolute atomic E-state index is 4.98. The summed E-state index contributed by atoms with van der Waals surface area (Å²) >= 11 is 1.85. The molecule has 0 aliphatic heterocycles. The second kappa shape index (κ2) is 5.76. The van der Waals surface area contributed by atoms with Crippen LogP contribution >= 0.6 is 11.3 Å². The Morgan fingerprint density at radius 2 is 2.10 bits per heavy atom. The predicted octanol–water partition coefficient (Wildman–Crippen LogP) is 4.92. The highest BCUT2D eigenvalue weighted by molar-refractivity contribution is 7.09. The quantitative estimate of drug-likeness (QED) is 0.852. The first-order valence-electron chi connectivity index (χ1n) is 8.01.